The van der Waals surface area contributed by atoms with Crippen LogP contribution in [0.25, 0.3) is 0 Å². The van der Waals surface area contributed by atoms with Crippen molar-refractivity contribution in [1.29, 1.82) is 0 Å². The summed E-state index contributed by atoms with van der Waals surface area (Å²) < 4.78 is 32.1. The molecule has 2 aromatic rings. The second-order valence-corrected chi connectivity index (χ2v) is 6.73. The predicted molar refractivity (Wildman–Crippen MR) is 80.8 cm³/mol. The molecule has 20 heavy (non-hydrogen) atoms. The van der Waals surface area contributed by atoms with E-state index in [9.17, 15) is 8.42 Å². The molecular formula is C14H17NO3S2. The molecule has 108 valence electrons. The molecule has 0 aliphatic heterocycles. The molecule has 0 amide bonds. The van der Waals surface area contributed by atoms with E-state index in [1.165, 1.54) is 0 Å². The molecule has 0 saturated heterocycles. The highest BCUT2D eigenvalue weighted by molar-refractivity contribution is 7.89. The van der Waals surface area contributed by atoms with Crippen molar-refractivity contribution in [3.63, 3.8) is 0 Å². The van der Waals surface area contributed by atoms with Crippen LogP contribution in [0.5, 0.6) is 5.75 Å². The number of rotatable bonds is 7. The quantitative estimate of drug-likeness (QED) is 0.855. The van der Waals surface area contributed by atoms with E-state index in [1.54, 1.807) is 35.6 Å². The molecule has 4 nitrogen and oxygen atoms in total. The zero-order valence-electron chi connectivity index (χ0n) is 11.2. The summed E-state index contributed by atoms with van der Waals surface area (Å²) in [5.41, 5.74) is 1.14. The molecule has 0 bridgehead atoms. The van der Waals surface area contributed by atoms with Crippen molar-refractivity contribution >= 4 is 21.4 Å². The lowest BCUT2D eigenvalue weighted by Gasteiger charge is -2.07. The molecule has 0 spiro atoms. The molecular weight excluding hydrogens is 294 g/mol. The van der Waals surface area contributed by atoms with Gasteiger partial charge in [-0.05, 0) is 60.0 Å². The van der Waals surface area contributed by atoms with Crippen LogP contribution < -0.4 is 9.46 Å². The summed E-state index contributed by atoms with van der Waals surface area (Å²) in [5, 5.41) is 4.00. The van der Waals surface area contributed by atoms with Crippen LogP contribution in [0.4, 0.5) is 0 Å². The summed E-state index contributed by atoms with van der Waals surface area (Å²) in [6.45, 7) is 2.84. The number of nitrogens with one attached hydrogen (secondary N) is 1. The lowest BCUT2D eigenvalue weighted by Crippen LogP contribution is -2.25. The van der Waals surface area contributed by atoms with Crippen LogP contribution in [-0.4, -0.2) is 21.6 Å². The average Bonchev–Trinajstić information content (AvgIpc) is 2.93. The van der Waals surface area contributed by atoms with Gasteiger partial charge in [-0.1, -0.05) is 0 Å². The van der Waals surface area contributed by atoms with Gasteiger partial charge in [0.05, 0.1) is 11.5 Å². The lowest BCUT2D eigenvalue weighted by atomic mass is 10.2. The summed E-state index contributed by atoms with van der Waals surface area (Å²) >= 11 is 1.61. The summed E-state index contributed by atoms with van der Waals surface area (Å²) in [5.74, 6) is 0.671. The number of hydrogen-bond donors (Lipinski definition) is 1. The summed E-state index contributed by atoms with van der Waals surface area (Å²) in [6.07, 6.45) is 0.694. The molecule has 0 atom stereocenters. The molecule has 0 unspecified atom stereocenters. The maximum Gasteiger partial charge on any atom is 0.240 e. The van der Waals surface area contributed by atoms with Crippen molar-refractivity contribution < 1.29 is 13.2 Å². The van der Waals surface area contributed by atoms with Gasteiger partial charge in [0, 0.05) is 6.54 Å². The third kappa shape index (κ3) is 4.06. The minimum atomic E-state index is -3.45. The van der Waals surface area contributed by atoms with E-state index in [-0.39, 0.29) is 4.90 Å². The van der Waals surface area contributed by atoms with Gasteiger partial charge in [-0.25, -0.2) is 13.1 Å². The molecule has 2 rings (SSSR count). The van der Waals surface area contributed by atoms with Crippen molar-refractivity contribution in [2.45, 2.75) is 18.2 Å². The van der Waals surface area contributed by atoms with Crippen LogP contribution in [0.1, 0.15) is 12.5 Å². The first kappa shape index (κ1) is 15.0. The Labute approximate surface area is 123 Å². The fraction of sp³-hybridized carbons (Fsp3) is 0.286. The second kappa shape index (κ2) is 6.88. The maximum atomic E-state index is 12.1. The molecule has 0 saturated carbocycles. The van der Waals surface area contributed by atoms with Crippen LogP contribution in [0.3, 0.4) is 0 Å². The monoisotopic (exact) mass is 311 g/mol. The van der Waals surface area contributed by atoms with E-state index in [2.05, 4.69) is 4.72 Å². The van der Waals surface area contributed by atoms with Crippen LogP contribution in [0.2, 0.25) is 0 Å². The minimum Gasteiger partial charge on any atom is -0.494 e. The van der Waals surface area contributed by atoms with Crippen molar-refractivity contribution in [2.75, 3.05) is 13.2 Å². The number of thiophene rings is 1. The zero-order valence-corrected chi connectivity index (χ0v) is 12.8. The van der Waals surface area contributed by atoms with Crippen molar-refractivity contribution in [3.8, 4) is 5.75 Å². The number of benzene rings is 1. The normalized spacial score (nSPS) is 11.4. The molecule has 0 aliphatic rings. The van der Waals surface area contributed by atoms with E-state index in [0.717, 1.165) is 5.56 Å². The summed E-state index contributed by atoms with van der Waals surface area (Å²) in [7, 11) is -3.45. The van der Waals surface area contributed by atoms with Crippen LogP contribution >= 0.6 is 11.3 Å². The zero-order chi connectivity index (χ0) is 14.4. The smallest absolute Gasteiger partial charge is 0.240 e. The molecule has 0 radical (unpaired) electrons. The fourth-order valence-electron chi connectivity index (χ4n) is 1.73. The highest BCUT2D eigenvalue weighted by Crippen LogP contribution is 2.16. The van der Waals surface area contributed by atoms with Crippen LogP contribution in [0.15, 0.2) is 46.0 Å². The Hall–Kier alpha value is -1.37. The van der Waals surface area contributed by atoms with Gasteiger partial charge < -0.3 is 4.74 Å². The van der Waals surface area contributed by atoms with Gasteiger partial charge in [-0.2, -0.15) is 11.3 Å². The summed E-state index contributed by atoms with van der Waals surface area (Å²) in [4.78, 5) is 0.256. The van der Waals surface area contributed by atoms with E-state index in [0.29, 0.717) is 25.3 Å². The first-order valence-electron chi connectivity index (χ1n) is 6.35. The van der Waals surface area contributed by atoms with E-state index in [4.69, 9.17) is 4.74 Å². The standard InChI is InChI=1S/C14H17NO3S2/c1-2-18-13-3-5-14(6-4-13)20(16,17)15-9-7-12-8-10-19-11-12/h3-6,8,10-11,15H,2,7,9H2,1H3. The average molecular weight is 311 g/mol. The van der Waals surface area contributed by atoms with Crippen molar-refractivity contribution in [1.82, 2.24) is 4.72 Å². The fourth-order valence-corrected chi connectivity index (χ4v) is 3.46. The Kier molecular flexibility index (Phi) is 5.17. The number of sulfonamides is 1. The van der Waals surface area contributed by atoms with Gasteiger partial charge in [0.2, 0.25) is 10.0 Å². The van der Waals surface area contributed by atoms with Gasteiger partial charge in [0.25, 0.3) is 0 Å². The van der Waals surface area contributed by atoms with E-state index in [1.807, 2.05) is 23.8 Å². The number of hydrogen-bond acceptors (Lipinski definition) is 4. The molecule has 1 aromatic heterocycles. The Bertz CT molecular complexity index is 619. The highest BCUT2D eigenvalue weighted by atomic mass is 32.2. The summed E-state index contributed by atoms with van der Waals surface area (Å²) in [6, 6.07) is 8.43. The third-order valence-corrected chi connectivity index (χ3v) is 4.94. The van der Waals surface area contributed by atoms with Gasteiger partial charge >= 0.3 is 0 Å². The molecule has 6 heteroatoms. The molecule has 0 aliphatic carbocycles. The maximum absolute atomic E-state index is 12.1. The minimum absolute atomic E-state index is 0.256. The Morgan fingerprint density at radius 3 is 2.55 bits per heavy atom. The van der Waals surface area contributed by atoms with Gasteiger partial charge in [0.1, 0.15) is 5.75 Å². The Morgan fingerprint density at radius 1 is 1.20 bits per heavy atom. The largest absolute Gasteiger partial charge is 0.494 e. The molecule has 1 aromatic carbocycles. The SMILES string of the molecule is CCOc1ccc(S(=O)(=O)NCCc2ccsc2)cc1. The van der Waals surface area contributed by atoms with Gasteiger partial charge in [-0.3, -0.25) is 0 Å². The molecule has 1 heterocycles. The van der Waals surface area contributed by atoms with Gasteiger partial charge in [-0.15, -0.1) is 0 Å². The highest BCUT2D eigenvalue weighted by Gasteiger charge is 2.13. The topological polar surface area (TPSA) is 55.4 Å². The van der Waals surface area contributed by atoms with Gasteiger partial charge in [0.15, 0.2) is 0 Å². The first-order chi connectivity index (χ1) is 9.62. The second-order valence-electron chi connectivity index (χ2n) is 4.18. The van der Waals surface area contributed by atoms with Crippen molar-refractivity contribution in [3.05, 3.63) is 46.7 Å². The Balaban J connectivity index is 1.95. The predicted octanol–water partition coefficient (Wildman–Crippen LogP) is 2.67. The lowest BCUT2D eigenvalue weighted by molar-refractivity contribution is 0.340. The third-order valence-electron chi connectivity index (χ3n) is 2.73. The number of ether oxygens (including phenoxy) is 1. The Morgan fingerprint density at radius 2 is 1.95 bits per heavy atom. The van der Waals surface area contributed by atoms with Crippen molar-refractivity contribution in [2.24, 2.45) is 0 Å². The van der Waals surface area contributed by atoms with E-state index >= 15 is 0 Å². The van der Waals surface area contributed by atoms with Crippen LogP contribution in [0, 0.1) is 0 Å². The first-order valence-corrected chi connectivity index (χ1v) is 8.78. The van der Waals surface area contributed by atoms with E-state index < -0.39 is 10.0 Å². The molecule has 0 fully saturated rings. The van der Waals surface area contributed by atoms with Crippen LogP contribution in [-0.2, 0) is 16.4 Å². The molecule has 1 N–H and O–H groups in total.